The molecule has 1 aromatic carbocycles. The smallest absolute Gasteiger partial charge is 0.317 e. The van der Waals surface area contributed by atoms with Gasteiger partial charge in [-0.05, 0) is 43.9 Å². The van der Waals surface area contributed by atoms with Gasteiger partial charge in [-0.15, -0.1) is 0 Å². The number of rotatable bonds is 3. The number of hydrogen-bond acceptors (Lipinski definition) is 2. The molecule has 2 N–H and O–H groups in total. The molecule has 0 fully saturated rings. The first-order chi connectivity index (χ1) is 12.6. The van der Waals surface area contributed by atoms with Crippen molar-refractivity contribution >= 4 is 16.9 Å². The standard InChI is InChI=1S/C20H25N5O/c1-14(10-17-11-15(2)22-23-17)21-20(26)24-8-5-9-25-18(13-24)12-16-6-3-4-7-19(16)25/h3-4,6-7,11-12,14H,5,8-10,13H2,1-2H3,(H,21,26)(H,22,23). The summed E-state index contributed by atoms with van der Waals surface area (Å²) in [7, 11) is 0. The monoisotopic (exact) mass is 351 g/mol. The normalized spacial score (nSPS) is 15.5. The van der Waals surface area contributed by atoms with Gasteiger partial charge < -0.3 is 14.8 Å². The second-order valence-corrected chi connectivity index (χ2v) is 7.22. The highest BCUT2D eigenvalue weighted by atomic mass is 16.2. The third kappa shape index (κ3) is 3.31. The van der Waals surface area contributed by atoms with E-state index in [4.69, 9.17) is 0 Å². The fourth-order valence-corrected chi connectivity index (χ4v) is 3.78. The molecule has 6 heteroatoms. The zero-order valence-electron chi connectivity index (χ0n) is 15.3. The number of nitrogens with zero attached hydrogens (tertiary/aromatic N) is 3. The van der Waals surface area contributed by atoms with Crippen LogP contribution >= 0.6 is 0 Å². The summed E-state index contributed by atoms with van der Waals surface area (Å²) in [6.07, 6.45) is 1.69. The molecule has 1 aliphatic heterocycles. The Hall–Kier alpha value is -2.76. The third-order valence-electron chi connectivity index (χ3n) is 4.99. The fourth-order valence-electron chi connectivity index (χ4n) is 3.78. The third-order valence-corrected chi connectivity index (χ3v) is 4.99. The van der Waals surface area contributed by atoms with Crippen LogP contribution in [-0.4, -0.2) is 38.3 Å². The number of aromatic nitrogens is 3. The SMILES string of the molecule is Cc1cc(CC(C)NC(=O)N2CCCn3c(cc4ccccc43)C2)n[nH]1. The Morgan fingerprint density at radius 2 is 2.15 bits per heavy atom. The van der Waals surface area contributed by atoms with Gasteiger partial charge in [0, 0.05) is 42.5 Å². The minimum atomic E-state index is 0.00321. The number of fused-ring (bicyclic) bond motifs is 3. The molecule has 0 aliphatic carbocycles. The average Bonchev–Trinajstić information content (AvgIpc) is 3.10. The van der Waals surface area contributed by atoms with E-state index in [2.05, 4.69) is 50.4 Å². The molecule has 2 aromatic heterocycles. The molecule has 0 saturated carbocycles. The second kappa shape index (κ2) is 6.86. The summed E-state index contributed by atoms with van der Waals surface area (Å²) in [5.41, 5.74) is 4.48. The number of aryl methyl sites for hydroxylation is 2. The predicted octanol–water partition coefficient (Wildman–Crippen LogP) is 3.22. The highest BCUT2D eigenvalue weighted by molar-refractivity contribution is 5.81. The Morgan fingerprint density at radius 1 is 1.31 bits per heavy atom. The maximum absolute atomic E-state index is 12.8. The van der Waals surface area contributed by atoms with Crippen LogP contribution < -0.4 is 5.32 Å². The molecular formula is C20H25N5O. The van der Waals surface area contributed by atoms with Gasteiger partial charge >= 0.3 is 6.03 Å². The van der Waals surface area contributed by atoms with E-state index in [0.717, 1.165) is 37.3 Å². The van der Waals surface area contributed by atoms with E-state index in [9.17, 15) is 4.79 Å². The maximum Gasteiger partial charge on any atom is 0.317 e. The first-order valence-electron chi connectivity index (χ1n) is 9.23. The van der Waals surface area contributed by atoms with Crippen LogP contribution in [0.25, 0.3) is 10.9 Å². The lowest BCUT2D eigenvalue weighted by molar-refractivity contribution is 0.192. The second-order valence-electron chi connectivity index (χ2n) is 7.22. The lowest BCUT2D eigenvalue weighted by atomic mass is 10.2. The van der Waals surface area contributed by atoms with Gasteiger partial charge in [-0.1, -0.05) is 18.2 Å². The number of benzene rings is 1. The molecule has 0 radical (unpaired) electrons. The first-order valence-corrected chi connectivity index (χ1v) is 9.23. The fraction of sp³-hybridized carbons (Fsp3) is 0.400. The molecule has 6 nitrogen and oxygen atoms in total. The number of carbonyl (C=O) groups is 1. The summed E-state index contributed by atoms with van der Waals surface area (Å²) in [4.78, 5) is 14.7. The van der Waals surface area contributed by atoms with Gasteiger partial charge in [0.05, 0.1) is 12.2 Å². The van der Waals surface area contributed by atoms with Crippen molar-refractivity contribution in [2.75, 3.05) is 6.54 Å². The van der Waals surface area contributed by atoms with Crippen LogP contribution in [-0.2, 0) is 19.5 Å². The molecule has 3 heterocycles. The van der Waals surface area contributed by atoms with E-state index in [0.29, 0.717) is 6.54 Å². The number of amides is 2. The Kier molecular flexibility index (Phi) is 4.41. The van der Waals surface area contributed by atoms with Crippen LogP contribution in [0.15, 0.2) is 36.4 Å². The van der Waals surface area contributed by atoms with Crippen LogP contribution in [0.1, 0.15) is 30.4 Å². The van der Waals surface area contributed by atoms with E-state index in [1.165, 1.54) is 16.6 Å². The van der Waals surface area contributed by atoms with Gasteiger partial charge in [0.1, 0.15) is 0 Å². The number of para-hydroxylation sites is 1. The number of H-pyrrole nitrogens is 1. The van der Waals surface area contributed by atoms with Crippen molar-refractivity contribution in [2.45, 2.75) is 45.8 Å². The van der Waals surface area contributed by atoms with Crippen LogP contribution in [0.5, 0.6) is 0 Å². The Labute approximate surface area is 153 Å². The summed E-state index contributed by atoms with van der Waals surface area (Å²) in [5, 5.41) is 11.6. The number of aromatic amines is 1. The Morgan fingerprint density at radius 3 is 2.96 bits per heavy atom. The molecule has 26 heavy (non-hydrogen) atoms. The first kappa shape index (κ1) is 16.7. The van der Waals surface area contributed by atoms with Crippen molar-refractivity contribution in [1.82, 2.24) is 25.0 Å². The zero-order valence-corrected chi connectivity index (χ0v) is 15.3. The number of urea groups is 1. The lowest BCUT2D eigenvalue weighted by Crippen LogP contribution is -2.44. The average molecular weight is 351 g/mol. The maximum atomic E-state index is 12.8. The molecule has 0 spiro atoms. The zero-order chi connectivity index (χ0) is 18.1. The van der Waals surface area contributed by atoms with Gasteiger partial charge in [0.15, 0.2) is 0 Å². The summed E-state index contributed by atoms with van der Waals surface area (Å²) in [6.45, 7) is 6.38. The van der Waals surface area contributed by atoms with E-state index in [-0.39, 0.29) is 12.1 Å². The van der Waals surface area contributed by atoms with E-state index >= 15 is 0 Å². The van der Waals surface area contributed by atoms with Crippen LogP contribution in [0.2, 0.25) is 0 Å². The molecule has 136 valence electrons. The Balaban J connectivity index is 1.44. The molecule has 1 atom stereocenters. The van der Waals surface area contributed by atoms with Crippen molar-refractivity contribution in [3.8, 4) is 0 Å². The molecule has 3 aromatic rings. The summed E-state index contributed by atoms with van der Waals surface area (Å²) in [6, 6.07) is 12.7. The van der Waals surface area contributed by atoms with Crippen molar-refractivity contribution < 1.29 is 4.79 Å². The van der Waals surface area contributed by atoms with Crippen LogP contribution in [0, 0.1) is 6.92 Å². The van der Waals surface area contributed by atoms with Gasteiger partial charge in [0.25, 0.3) is 0 Å². The number of carbonyl (C=O) groups excluding carboxylic acids is 1. The largest absolute Gasteiger partial charge is 0.343 e. The van der Waals surface area contributed by atoms with Crippen molar-refractivity contribution in [1.29, 1.82) is 0 Å². The molecule has 1 unspecified atom stereocenters. The van der Waals surface area contributed by atoms with Gasteiger partial charge in [-0.2, -0.15) is 5.10 Å². The topological polar surface area (TPSA) is 66.0 Å². The van der Waals surface area contributed by atoms with Crippen molar-refractivity contribution in [3.63, 3.8) is 0 Å². The Bertz CT molecular complexity index is 925. The van der Waals surface area contributed by atoms with Crippen molar-refractivity contribution in [3.05, 3.63) is 53.5 Å². The molecule has 0 bridgehead atoms. The van der Waals surface area contributed by atoms with Gasteiger partial charge in [-0.3, -0.25) is 5.10 Å². The highest BCUT2D eigenvalue weighted by Crippen LogP contribution is 2.23. The van der Waals surface area contributed by atoms with Crippen molar-refractivity contribution in [2.24, 2.45) is 0 Å². The van der Waals surface area contributed by atoms with E-state index in [1.54, 1.807) is 0 Å². The summed E-state index contributed by atoms with van der Waals surface area (Å²) < 4.78 is 2.35. The van der Waals surface area contributed by atoms with E-state index in [1.807, 2.05) is 24.8 Å². The predicted molar refractivity (Wildman–Crippen MR) is 102 cm³/mol. The lowest BCUT2D eigenvalue weighted by Gasteiger charge is -2.23. The minimum absolute atomic E-state index is 0.00321. The molecular weight excluding hydrogens is 326 g/mol. The van der Waals surface area contributed by atoms with Gasteiger partial charge in [-0.25, -0.2) is 4.79 Å². The summed E-state index contributed by atoms with van der Waals surface area (Å²) >= 11 is 0. The summed E-state index contributed by atoms with van der Waals surface area (Å²) in [5.74, 6) is 0. The molecule has 4 rings (SSSR count). The minimum Gasteiger partial charge on any atom is -0.343 e. The molecule has 2 amide bonds. The molecule has 0 saturated heterocycles. The molecule has 1 aliphatic rings. The number of nitrogens with one attached hydrogen (secondary N) is 2. The van der Waals surface area contributed by atoms with Crippen LogP contribution in [0.3, 0.4) is 0 Å². The van der Waals surface area contributed by atoms with Crippen LogP contribution in [0.4, 0.5) is 4.79 Å². The highest BCUT2D eigenvalue weighted by Gasteiger charge is 2.21. The quantitative estimate of drug-likeness (QED) is 0.761. The van der Waals surface area contributed by atoms with Gasteiger partial charge in [0.2, 0.25) is 0 Å². The van der Waals surface area contributed by atoms with E-state index < -0.39 is 0 Å². The number of hydrogen-bond donors (Lipinski definition) is 2.